The fourth-order valence-corrected chi connectivity index (χ4v) is 1.99. The van der Waals surface area contributed by atoms with Gasteiger partial charge in [0.25, 0.3) is 0 Å². The number of likely N-dealkylation sites (N-methyl/N-ethyl adjacent to an activating group) is 1. The third-order valence-electron chi connectivity index (χ3n) is 2.76. The van der Waals surface area contributed by atoms with Crippen molar-refractivity contribution in [2.75, 3.05) is 38.3 Å². The van der Waals surface area contributed by atoms with Crippen molar-refractivity contribution in [3.63, 3.8) is 0 Å². The Bertz CT molecular complexity index is 322. The van der Waals surface area contributed by atoms with Crippen molar-refractivity contribution in [2.45, 2.75) is 6.04 Å². The minimum Gasteiger partial charge on any atom is -0.378 e. The predicted octanol–water partition coefficient (Wildman–Crippen LogP) is 1.76. The van der Waals surface area contributed by atoms with Crippen molar-refractivity contribution in [3.8, 4) is 0 Å². The first-order valence-corrected chi connectivity index (χ1v) is 5.91. The fourth-order valence-electron chi connectivity index (χ4n) is 1.87. The molecule has 0 saturated carbocycles. The lowest BCUT2D eigenvalue weighted by Crippen LogP contribution is -2.47. The van der Waals surface area contributed by atoms with Gasteiger partial charge in [-0.15, -0.1) is 0 Å². The molecule has 0 aliphatic carbocycles. The summed E-state index contributed by atoms with van der Waals surface area (Å²) < 4.78 is 5.43. The molecule has 1 heterocycles. The molecule has 1 aromatic rings. The summed E-state index contributed by atoms with van der Waals surface area (Å²) in [6.07, 6.45) is 0. The molecule has 0 bridgehead atoms. The van der Waals surface area contributed by atoms with Gasteiger partial charge in [-0.1, -0.05) is 11.6 Å². The van der Waals surface area contributed by atoms with Crippen LogP contribution in [0.5, 0.6) is 0 Å². The number of nitrogens with zero attached hydrogens (tertiary/aromatic N) is 1. The average molecular weight is 241 g/mol. The predicted molar refractivity (Wildman–Crippen MR) is 67.3 cm³/mol. The molecular weight excluding hydrogens is 224 g/mol. The number of nitrogens with one attached hydrogen (secondary N) is 1. The monoisotopic (exact) mass is 240 g/mol. The number of halogens is 1. The molecule has 0 aromatic heterocycles. The number of anilines is 1. The van der Waals surface area contributed by atoms with Gasteiger partial charge in [-0.3, -0.25) is 0 Å². The highest BCUT2D eigenvalue weighted by atomic mass is 35.5. The Morgan fingerprint density at radius 3 is 2.81 bits per heavy atom. The summed E-state index contributed by atoms with van der Waals surface area (Å²) in [5, 5.41) is 4.21. The van der Waals surface area contributed by atoms with Gasteiger partial charge in [-0.05, 0) is 24.3 Å². The molecule has 1 aromatic carbocycles. The summed E-state index contributed by atoms with van der Waals surface area (Å²) >= 11 is 5.86. The van der Waals surface area contributed by atoms with Crippen LogP contribution in [0.25, 0.3) is 0 Å². The number of benzene rings is 1. The van der Waals surface area contributed by atoms with Crippen LogP contribution in [-0.4, -0.2) is 39.4 Å². The van der Waals surface area contributed by atoms with E-state index >= 15 is 0 Å². The quantitative estimate of drug-likeness (QED) is 0.872. The van der Waals surface area contributed by atoms with Crippen molar-refractivity contribution in [1.82, 2.24) is 5.32 Å². The first-order chi connectivity index (χ1) is 7.75. The van der Waals surface area contributed by atoms with Crippen LogP contribution in [0.3, 0.4) is 0 Å². The largest absolute Gasteiger partial charge is 0.378 e. The van der Waals surface area contributed by atoms with Crippen LogP contribution in [-0.2, 0) is 4.74 Å². The van der Waals surface area contributed by atoms with Gasteiger partial charge in [0.05, 0.1) is 13.2 Å². The van der Waals surface area contributed by atoms with Crippen LogP contribution in [0.2, 0.25) is 5.02 Å². The molecule has 1 saturated heterocycles. The summed E-state index contributed by atoms with van der Waals surface area (Å²) in [6.45, 7) is 3.50. The topological polar surface area (TPSA) is 24.5 Å². The molecule has 1 fully saturated rings. The number of hydrogen-bond donors (Lipinski definition) is 1. The minimum atomic E-state index is 0.412. The Labute approximate surface area is 101 Å². The second-order valence-corrected chi connectivity index (χ2v) is 4.52. The van der Waals surface area contributed by atoms with Crippen molar-refractivity contribution >= 4 is 17.3 Å². The van der Waals surface area contributed by atoms with Gasteiger partial charge in [0, 0.05) is 36.9 Å². The summed E-state index contributed by atoms with van der Waals surface area (Å²) in [5.41, 5.74) is 1.18. The maximum atomic E-state index is 5.86. The van der Waals surface area contributed by atoms with Gasteiger partial charge in [0.15, 0.2) is 0 Å². The third-order valence-corrected chi connectivity index (χ3v) is 3.01. The second kappa shape index (κ2) is 5.53. The van der Waals surface area contributed by atoms with Gasteiger partial charge in [0.2, 0.25) is 0 Å². The van der Waals surface area contributed by atoms with Crippen molar-refractivity contribution in [3.05, 3.63) is 29.3 Å². The molecule has 3 nitrogen and oxygen atoms in total. The Morgan fingerprint density at radius 1 is 1.44 bits per heavy atom. The first-order valence-electron chi connectivity index (χ1n) is 5.53. The summed E-state index contributed by atoms with van der Waals surface area (Å²) in [5.74, 6) is 0. The maximum Gasteiger partial charge on any atom is 0.0637 e. The van der Waals surface area contributed by atoms with E-state index in [1.807, 2.05) is 24.3 Å². The highest BCUT2D eigenvalue weighted by molar-refractivity contribution is 6.30. The molecule has 1 unspecified atom stereocenters. The highest BCUT2D eigenvalue weighted by Crippen LogP contribution is 2.17. The molecule has 0 amide bonds. The van der Waals surface area contributed by atoms with E-state index in [9.17, 15) is 0 Å². The van der Waals surface area contributed by atoms with E-state index in [4.69, 9.17) is 16.3 Å². The number of rotatable bonds is 3. The van der Waals surface area contributed by atoms with E-state index < -0.39 is 0 Å². The zero-order chi connectivity index (χ0) is 11.4. The Morgan fingerprint density at radius 2 is 2.19 bits per heavy atom. The van der Waals surface area contributed by atoms with Gasteiger partial charge in [-0.2, -0.15) is 0 Å². The SMILES string of the molecule is CN(CC1COCCN1)c1ccc(Cl)cc1. The van der Waals surface area contributed by atoms with Crippen molar-refractivity contribution in [1.29, 1.82) is 0 Å². The van der Waals surface area contributed by atoms with Gasteiger partial charge in [0.1, 0.15) is 0 Å². The summed E-state index contributed by atoms with van der Waals surface area (Å²) in [4.78, 5) is 2.21. The molecular formula is C12H17ClN2O. The first kappa shape index (κ1) is 11.7. The van der Waals surface area contributed by atoms with E-state index in [0.29, 0.717) is 6.04 Å². The number of ether oxygens (including phenoxy) is 1. The molecule has 88 valence electrons. The zero-order valence-electron chi connectivity index (χ0n) is 9.45. The molecule has 1 N–H and O–H groups in total. The molecule has 2 rings (SSSR count). The van der Waals surface area contributed by atoms with Crippen LogP contribution in [0.4, 0.5) is 5.69 Å². The van der Waals surface area contributed by atoms with Crippen molar-refractivity contribution < 1.29 is 4.74 Å². The smallest absolute Gasteiger partial charge is 0.0637 e. The molecule has 1 aliphatic heterocycles. The van der Waals surface area contributed by atoms with E-state index in [0.717, 1.165) is 31.3 Å². The van der Waals surface area contributed by atoms with E-state index in [1.54, 1.807) is 0 Å². The van der Waals surface area contributed by atoms with Gasteiger partial charge >= 0.3 is 0 Å². The second-order valence-electron chi connectivity index (χ2n) is 4.08. The van der Waals surface area contributed by atoms with Crippen LogP contribution in [0.1, 0.15) is 0 Å². The normalized spacial score (nSPS) is 20.8. The molecule has 1 aliphatic rings. The molecule has 4 heteroatoms. The van der Waals surface area contributed by atoms with E-state index in [1.165, 1.54) is 5.69 Å². The van der Waals surface area contributed by atoms with Crippen LogP contribution < -0.4 is 10.2 Å². The highest BCUT2D eigenvalue weighted by Gasteiger charge is 2.15. The third kappa shape index (κ3) is 3.11. The van der Waals surface area contributed by atoms with E-state index in [2.05, 4.69) is 17.3 Å². The lowest BCUT2D eigenvalue weighted by atomic mass is 10.2. The van der Waals surface area contributed by atoms with Crippen molar-refractivity contribution in [2.24, 2.45) is 0 Å². The summed E-state index contributed by atoms with van der Waals surface area (Å²) in [7, 11) is 2.08. The standard InChI is InChI=1S/C12H17ClN2O/c1-15(8-11-9-16-7-6-14-11)12-4-2-10(13)3-5-12/h2-5,11,14H,6-9H2,1H3. The fraction of sp³-hybridized carbons (Fsp3) is 0.500. The Kier molecular flexibility index (Phi) is 4.04. The number of morpholine rings is 1. The van der Waals surface area contributed by atoms with Crippen LogP contribution in [0, 0.1) is 0 Å². The van der Waals surface area contributed by atoms with Crippen LogP contribution in [0.15, 0.2) is 24.3 Å². The van der Waals surface area contributed by atoms with Crippen LogP contribution >= 0.6 is 11.6 Å². The zero-order valence-corrected chi connectivity index (χ0v) is 10.2. The average Bonchev–Trinajstić information content (AvgIpc) is 2.31. The molecule has 0 radical (unpaired) electrons. The molecule has 0 spiro atoms. The lowest BCUT2D eigenvalue weighted by Gasteiger charge is -2.29. The Balaban J connectivity index is 1.91. The molecule has 16 heavy (non-hydrogen) atoms. The molecule has 1 atom stereocenters. The van der Waals surface area contributed by atoms with Gasteiger partial charge in [-0.25, -0.2) is 0 Å². The summed E-state index contributed by atoms with van der Waals surface area (Å²) in [6, 6.07) is 8.31. The number of hydrogen-bond acceptors (Lipinski definition) is 3. The maximum absolute atomic E-state index is 5.86. The Hall–Kier alpha value is -0.770. The lowest BCUT2D eigenvalue weighted by molar-refractivity contribution is 0.0791. The van der Waals surface area contributed by atoms with E-state index in [-0.39, 0.29) is 0 Å². The minimum absolute atomic E-state index is 0.412. The van der Waals surface area contributed by atoms with Gasteiger partial charge < -0.3 is 15.0 Å².